The van der Waals surface area contributed by atoms with E-state index in [-0.39, 0.29) is 45.5 Å². The number of allylic oxidation sites excluding steroid dienone is 2. The third-order valence-electron chi connectivity index (χ3n) is 4.81. The van der Waals surface area contributed by atoms with Crippen molar-refractivity contribution in [2.45, 2.75) is 32.6 Å². The van der Waals surface area contributed by atoms with Crippen LogP contribution in [-0.2, 0) is 17.6 Å². The zero-order chi connectivity index (χ0) is 19.2. The molecule has 5 N–H and O–H groups in total. The molecule has 3 rings (SSSR count). The monoisotopic (exact) mass is 356 g/mol. The topological polar surface area (TPSA) is 118 Å². The van der Waals surface area contributed by atoms with Crippen LogP contribution in [0.15, 0.2) is 30.0 Å². The summed E-state index contributed by atoms with van der Waals surface area (Å²) in [5, 5.41) is 50.2. The molecule has 0 fully saturated rings. The third-order valence-corrected chi connectivity index (χ3v) is 4.81. The molecule has 1 atom stereocenters. The Labute approximate surface area is 150 Å². The lowest BCUT2D eigenvalue weighted by Crippen LogP contribution is -2.28. The number of Topliss-reactive ketones (excluding diaryl/α,β-unsaturated/α-hetero) is 1. The van der Waals surface area contributed by atoms with E-state index in [1.807, 2.05) is 13.8 Å². The van der Waals surface area contributed by atoms with E-state index in [2.05, 4.69) is 0 Å². The molecule has 0 heterocycles. The van der Waals surface area contributed by atoms with Gasteiger partial charge in [-0.15, -0.1) is 0 Å². The van der Waals surface area contributed by atoms with Crippen molar-refractivity contribution in [3.63, 3.8) is 0 Å². The minimum absolute atomic E-state index is 0.0345. The predicted octanol–water partition coefficient (Wildman–Crippen LogP) is 3.27. The second-order valence-electron chi connectivity index (χ2n) is 6.30. The number of phenolic OH excluding ortho intramolecular Hbond substituents is 4. The molecule has 0 aromatic heterocycles. The minimum Gasteiger partial charge on any atom is -0.510 e. The summed E-state index contributed by atoms with van der Waals surface area (Å²) in [7, 11) is 0. The highest BCUT2D eigenvalue weighted by Gasteiger charge is 2.43. The molecule has 2 aromatic rings. The summed E-state index contributed by atoms with van der Waals surface area (Å²) < 4.78 is 0. The average Bonchev–Trinajstić information content (AvgIpc) is 2.59. The number of aryl methyl sites for hydroxylation is 2. The number of benzene rings is 2. The summed E-state index contributed by atoms with van der Waals surface area (Å²) in [6, 6.07) is 5.26. The first kappa shape index (κ1) is 17.7. The molecular formula is C20H20O6. The fraction of sp³-hybridized carbons (Fsp3) is 0.250. The van der Waals surface area contributed by atoms with Gasteiger partial charge in [0.05, 0.1) is 5.57 Å². The number of hydrogen-bond donors (Lipinski definition) is 5. The number of carbonyl (C=O) groups is 1. The normalized spacial score (nSPS) is 16.7. The van der Waals surface area contributed by atoms with Crippen LogP contribution in [0.5, 0.6) is 23.0 Å². The number of hydrogen-bond acceptors (Lipinski definition) is 6. The zero-order valence-electron chi connectivity index (χ0n) is 14.4. The van der Waals surface area contributed by atoms with Crippen molar-refractivity contribution >= 4 is 11.4 Å². The van der Waals surface area contributed by atoms with Gasteiger partial charge in [0.25, 0.3) is 0 Å². The van der Waals surface area contributed by atoms with E-state index in [4.69, 9.17) is 0 Å². The molecule has 26 heavy (non-hydrogen) atoms. The first-order valence-electron chi connectivity index (χ1n) is 8.37. The Hall–Kier alpha value is -3.15. The first-order valence-corrected chi connectivity index (χ1v) is 8.37. The number of carbonyl (C=O) groups excluding carboxylic acids is 1. The lowest BCUT2D eigenvalue weighted by Gasteiger charge is -2.29. The van der Waals surface area contributed by atoms with Crippen LogP contribution in [0.2, 0.25) is 0 Å². The van der Waals surface area contributed by atoms with E-state index >= 15 is 0 Å². The predicted molar refractivity (Wildman–Crippen MR) is 95.6 cm³/mol. The highest BCUT2D eigenvalue weighted by molar-refractivity contribution is 6.32. The smallest absolute Gasteiger partial charge is 0.182 e. The number of aromatic hydroxyl groups is 4. The van der Waals surface area contributed by atoms with E-state index in [0.717, 1.165) is 12.1 Å². The number of aliphatic hydroxyl groups excluding tert-OH is 1. The van der Waals surface area contributed by atoms with Crippen molar-refractivity contribution in [2.75, 3.05) is 0 Å². The zero-order valence-corrected chi connectivity index (χ0v) is 14.4. The van der Waals surface area contributed by atoms with E-state index in [1.165, 1.54) is 12.1 Å². The molecule has 1 unspecified atom stereocenters. The Bertz CT molecular complexity index is 942. The first-order chi connectivity index (χ1) is 12.3. The molecule has 0 amide bonds. The van der Waals surface area contributed by atoms with Gasteiger partial charge in [0, 0.05) is 23.3 Å². The van der Waals surface area contributed by atoms with Crippen molar-refractivity contribution in [1.29, 1.82) is 0 Å². The summed E-state index contributed by atoms with van der Waals surface area (Å²) in [6.45, 7) is 3.64. The van der Waals surface area contributed by atoms with Crippen LogP contribution in [-0.4, -0.2) is 31.3 Å². The van der Waals surface area contributed by atoms with Crippen LogP contribution < -0.4 is 0 Å². The third kappa shape index (κ3) is 2.54. The van der Waals surface area contributed by atoms with E-state index < -0.39 is 11.7 Å². The number of rotatable bonds is 4. The van der Waals surface area contributed by atoms with E-state index in [0.29, 0.717) is 24.0 Å². The Morgan fingerprint density at radius 1 is 0.769 bits per heavy atom. The van der Waals surface area contributed by atoms with Gasteiger partial charge >= 0.3 is 0 Å². The molecule has 0 bridgehead atoms. The lowest BCUT2D eigenvalue weighted by atomic mass is 9.74. The van der Waals surface area contributed by atoms with Gasteiger partial charge in [-0.2, -0.15) is 0 Å². The minimum atomic E-state index is -1.05. The van der Waals surface area contributed by atoms with Crippen LogP contribution in [0.1, 0.15) is 42.0 Å². The second-order valence-corrected chi connectivity index (χ2v) is 6.30. The average molecular weight is 356 g/mol. The lowest BCUT2D eigenvalue weighted by molar-refractivity contribution is -0.116. The molecular weight excluding hydrogens is 336 g/mol. The molecule has 6 nitrogen and oxygen atoms in total. The van der Waals surface area contributed by atoms with Crippen molar-refractivity contribution < 1.29 is 30.3 Å². The maximum atomic E-state index is 12.7. The summed E-state index contributed by atoms with van der Waals surface area (Å²) in [5.41, 5.74) is 1.41. The van der Waals surface area contributed by atoms with Crippen molar-refractivity contribution in [1.82, 2.24) is 0 Å². The number of aliphatic hydroxyl groups is 1. The highest BCUT2D eigenvalue weighted by atomic mass is 16.3. The van der Waals surface area contributed by atoms with Gasteiger partial charge in [-0.1, -0.05) is 13.8 Å². The molecule has 0 radical (unpaired) electrons. The standard InChI is InChI=1S/C20H20O6/c1-3-9-5-11(15(23)7-13(9)21)17-19(25)18(20(17)26)12-6-10(4-2)14(22)8-16(12)24/h5-8,17,21-25H,3-4H2,1-2H3. The Morgan fingerprint density at radius 2 is 1.31 bits per heavy atom. The largest absolute Gasteiger partial charge is 0.510 e. The van der Waals surface area contributed by atoms with Crippen LogP contribution >= 0.6 is 0 Å². The number of phenols is 4. The molecule has 0 saturated carbocycles. The fourth-order valence-electron chi connectivity index (χ4n) is 3.28. The highest BCUT2D eigenvalue weighted by Crippen LogP contribution is 2.49. The molecule has 0 spiro atoms. The quantitative estimate of drug-likeness (QED) is 0.574. The van der Waals surface area contributed by atoms with E-state index in [1.54, 1.807) is 0 Å². The molecule has 136 valence electrons. The molecule has 1 aliphatic carbocycles. The maximum absolute atomic E-state index is 12.7. The Balaban J connectivity index is 2.10. The van der Waals surface area contributed by atoms with Crippen molar-refractivity contribution in [3.8, 4) is 23.0 Å². The van der Waals surface area contributed by atoms with Crippen LogP contribution in [0.3, 0.4) is 0 Å². The SMILES string of the molecule is CCc1cc(C2=C(O)C(c3cc(CC)c(O)cc3O)C2=O)c(O)cc1O. The summed E-state index contributed by atoms with van der Waals surface area (Å²) >= 11 is 0. The number of ketones is 1. The van der Waals surface area contributed by atoms with Gasteiger partial charge in [0.15, 0.2) is 5.78 Å². The van der Waals surface area contributed by atoms with Gasteiger partial charge in [0.2, 0.25) is 0 Å². The van der Waals surface area contributed by atoms with Gasteiger partial charge in [0.1, 0.15) is 34.7 Å². The van der Waals surface area contributed by atoms with Crippen LogP contribution in [0.4, 0.5) is 0 Å². The summed E-state index contributed by atoms with van der Waals surface area (Å²) in [6.07, 6.45) is 0.985. The fourth-order valence-corrected chi connectivity index (χ4v) is 3.28. The maximum Gasteiger partial charge on any atom is 0.182 e. The van der Waals surface area contributed by atoms with E-state index in [9.17, 15) is 30.3 Å². The molecule has 0 saturated heterocycles. The van der Waals surface area contributed by atoms with Gasteiger partial charge in [-0.25, -0.2) is 0 Å². The molecule has 1 aliphatic rings. The van der Waals surface area contributed by atoms with Gasteiger partial charge in [-0.05, 0) is 36.1 Å². The summed E-state index contributed by atoms with van der Waals surface area (Å²) in [5.74, 6) is -2.51. The van der Waals surface area contributed by atoms with Gasteiger partial charge in [-0.3, -0.25) is 4.79 Å². The van der Waals surface area contributed by atoms with Crippen molar-refractivity contribution in [3.05, 3.63) is 52.3 Å². The molecule has 2 aromatic carbocycles. The molecule has 0 aliphatic heterocycles. The second kappa shape index (κ2) is 6.29. The van der Waals surface area contributed by atoms with Gasteiger partial charge < -0.3 is 25.5 Å². The Morgan fingerprint density at radius 3 is 1.85 bits per heavy atom. The van der Waals surface area contributed by atoms with Crippen LogP contribution in [0.25, 0.3) is 5.57 Å². The van der Waals surface area contributed by atoms with Crippen LogP contribution in [0, 0.1) is 0 Å². The van der Waals surface area contributed by atoms with Crippen molar-refractivity contribution in [2.24, 2.45) is 0 Å². The molecule has 6 heteroatoms. The Kier molecular flexibility index (Phi) is 4.28. The summed E-state index contributed by atoms with van der Waals surface area (Å²) in [4.78, 5) is 12.7.